The van der Waals surface area contributed by atoms with Crippen LogP contribution >= 0.6 is 11.6 Å². The molecule has 1 aliphatic rings. The number of piperidine rings is 1. The minimum atomic E-state index is -4.06. The van der Waals surface area contributed by atoms with E-state index in [9.17, 15) is 18.0 Å². The minimum absolute atomic E-state index is 0.0684. The van der Waals surface area contributed by atoms with E-state index in [1.54, 1.807) is 36.1 Å². The van der Waals surface area contributed by atoms with E-state index in [-0.39, 0.29) is 33.4 Å². The number of esters is 1. The molecule has 0 N–H and O–H groups in total. The van der Waals surface area contributed by atoms with Gasteiger partial charge in [0.15, 0.2) is 0 Å². The molecule has 184 valence electrons. The van der Waals surface area contributed by atoms with E-state index in [4.69, 9.17) is 21.1 Å². The zero-order chi connectivity index (χ0) is 24.9. The average molecular weight is 509 g/mol. The maximum Gasteiger partial charge on any atom is 0.309 e. The van der Waals surface area contributed by atoms with E-state index in [1.165, 1.54) is 25.3 Å². The first kappa shape index (κ1) is 25.8. The van der Waals surface area contributed by atoms with Crippen LogP contribution in [0.5, 0.6) is 5.75 Å². The van der Waals surface area contributed by atoms with Crippen molar-refractivity contribution in [1.82, 2.24) is 4.90 Å². The van der Waals surface area contributed by atoms with Crippen LogP contribution in [0.3, 0.4) is 0 Å². The minimum Gasteiger partial charge on any atom is -0.495 e. The summed E-state index contributed by atoms with van der Waals surface area (Å²) in [6.45, 7) is 4.23. The van der Waals surface area contributed by atoms with Gasteiger partial charge >= 0.3 is 5.97 Å². The molecule has 1 fully saturated rings. The smallest absolute Gasteiger partial charge is 0.309 e. The lowest BCUT2D eigenvalue weighted by molar-refractivity contribution is -0.151. The molecule has 1 saturated heterocycles. The highest BCUT2D eigenvalue weighted by molar-refractivity contribution is 7.92. The van der Waals surface area contributed by atoms with Gasteiger partial charge in [0.1, 0.15) is 12.3 Å². The average Bonchev–Trinajstić information content (AvgIpc) is 2.82. The zero-order valence-corrected chi connectivity index (χ0v) is 21.1. The molecule has 0 atom stereocenters. The van der Waals surface area contributed by atoms with Crippen LogP contribution in [-0.4, -0.2) is 58.5 Å². The molecule has 1 aliphatic heterocycles. The lowest BCUT2D eigenvalue weighted by Gasteiger charge is -2.33. The molecule has 1 amide bonds. The zero-order valence-electron chi connectivity index (χ0n) is 19.5. The number of sulfonamides is 1. The van der Waals surface area contributed by atoms with Crippen molar-refractivity contribution in [2.45, 2.75) is 31.6 Å². The van der Waals surface area contributed by atoms with E-state index >= 15 is 0 Å². The molecule has 2 aromatic rings. The number of ether oxygens (including phenoxy) is 2. The van der Waals surface area contributed by atoms with Gasteiger partial charge in [0.2, 0.25) is 5.91 Å². The number of hydrogen-bond donors (Lipinski definition) is 0. The molecule has 10 heteroatoms. The first-order valence-electron chi connectivity index (χ1n) is 11.0. The van der Waals surface area contributed by atoms with Crippen LogP contribution in [0, 0.1) is 12.8 Å². The van der Waals surface area contributed by atoms with Crippen molar-refractivity contribution >= 4 is 39.2 Å². The Morgan fingerprint density at radius 3 is 2.32 bits per heavy atom. The molecule has 3 rings (SSSR count). The van der Waals surface area contributed by atoms with Gasteiger partial charge in [0.25, 0.3) is 10.0 Å². The topological polar surface area (TPSA) is 93.2 Å². The number of halogens is 1. The number of rotatable bonds is 8. The van der Waals surface area contributed by atoms with Crippen molar-refractivity contribution in [3.05, 3.63) is 53.1 Å². The summed E-state index contributed by atoms with van der Waals surface area (Å²) in [5.41, 5.74) is 1.17. The third-order valence-electron chi connectivity index (χ3n) is 5.78. The molecule has 0 saturated carbocycles. The van der Waals surface area contributed by atoms with Crippen molar-refractivity contribution in [1.29, 1.82) is 0 Å². The highest BCUT2D eigenvalue weighted by Gasteiger charge is 2.32. The van der Waals surface area contributed by atoms with Crippen LogP contribution in [0.4, 0.5) is 5.69 Å². The molecule has 0 unspecified atom stereocenters. The SMILES string of the molecule is CCOC(=O)C1CCN(C(=O)CN(c2ccc(OC)c(Cl)c2)S(=O)(=O)c2ccc(C)cc2)CC1. The van der Waals surface area contributed by atoms with E-state index in [0.29, 0.717) is 38.3 Å². The predicted molar refractivity (Wildman–Crippen MR) is 130 cm³/mol. The number of amides is 1. The lowest BCUT2D eigenvalue weighted by atomic mass is 9.97. The van der Waals surface area contributed by atoms with E-state index in [2.05, 4.69) is 0 Å². The van der Waals surface area contributed by atoms with Crippen LogP contribution < -0.4 is 9.04 Å². The third-order valence-corrected chi connectivity index (χ3v) is 7.86. The predicted octanol–water partition coefficient (Wildman–Crippen LogP) is 3.65. The van der Waals surface area contributed by atoms with Crippen molar-refractivity contribution in [2.24, 2.45) is 5.92 Å². The Bertz CT molecular complexity index is 1130. The lowest BCUT2D eigenvalue weighted by Crippen LogP contribution is -2.46. The number of likely N-dealkylation sites (tertiary alicyclic amines) is 1. The van der Waals surface area contributed by atoms with Crippen LogP contribution in [0.15, 0.2) is 47.4 Å². The van der Waals surface area contributed by atoms with Crippen LogP contribution in [0.1, 0.15) is 25.3 Å². The van der Waals surface area contributed by atoms with Gasteiger partial charge in [-0.05, 0) is 57.0 Å². The van der Waals surface area contributed by atoms with Gasteiger partial charge in [0, 0.05) is 13.1 Å². The van der Waals surface area contributed by atoms with E-state index in [1.807, 2.05) is 6.92 Å². The molecule has 8 nitrogen and oxygen atoms in total. The second-order valence-corrected chi connectivity index (χ2v) is 10.3. The van der Waals surface area contributed by atoms with Crippen molar-refractivity contribution in [2.75, 3.05) is 37.7 Å². The van der Waals surface area contributed by atoms with Crippen LogP contribution in [-0.2, 0) is 24.3 Å². The highest BCUT2D eigenvalue weighted by Crippen LogP contribution is 2.32. The third kappa shape index (κ3) is 5.82. The fraction of sp³-hybridized carbons (Fsp3) is 0.417. The van der Waals surface area contributed by atoms with E-state index < -0.39 is 16.6 Å². The van der Waals surface area contributed by atoms with Crippen molar-refractivity contribution in [3.63, 3.8) is 0 Å². The fourth-order valence-corrected chi connectivity index (χ4v) is 5.47. The number of hydrogen-bond acceptors (Lipinski definition) is 6. The normalized spacial score (nSPS) is 14.5. The molecule has 0 aliphatic carbocycles. The number of carbonyl (C=O) groups excluding carboxylic acids is 2. The Morgan fingerprint density at radius 2 is 1.76 bits per heavy atom. The highest BCUT2D eigenvalue weighted by atomic mass is 35.5. The Labute approximate surface area is 205 Å². The van der Waals surface area contributed by atoms with Crippen LogP contribution in [0.2, 0.25) is 5.02 Å². The summed E-state index contributed by atoms with van der Waals surface area (Å²) < 4.78 is 38.4. The summed E-state index contributed by atoms with van der Waals surface area (Å²) in [7, 11) is -2.60. The summed E-state index contributed by atoms with van der Waals surface area (Å²) in [5, 5.41) is 0.229. The largest absolute Gasteiger partial charge is 0.495 e. The van der Waals surface area contributed by atoms with Gasteiger partial charge in [-0.1, -0.05) is 29.3 Å². The number of methoxy groups -OCH3 is 1. The summed E-state index contributed by atoms with van der Waals surface area (Å²) >= 11 is 6.26. The fourth-order valence-electron chi connectivity index (χ4n) is 3.81. The Kier molecular flexibility index (Phi) is 8.43. The maximum absolute atomic E-state index is 13.6. The second-order valence-electron chi connectivity index (χ2n) is 8.05. The first-order chi connectivity index (χ1) is 16.2. The van der Waals surface area contributed by atoms with Crippen molar-refractivity contribution in [3.8, 4) is 5.75 Å². The summed E-state index contributed by atoms with van der Waals surface area (Å²) in [4.78, 5) is 26.8. The maximum atomic E-state index is 13.6. The molecule has 0 radical (unpaired) electrons. The first-order valence-corrected chi connectivity index (χ1v) is 12.9. The van der Waals surface area contributed by atoms with Gasteiger partial charge in [-0.2, -0.15) is 0 Å². The Balaban J connectivity index is 1.86. The van der Waals surface area contributed by atoms with Gasteiger partial charge < -0.3 is 14.4 Å². The number of nitrogens with zero attached hydrogens (tertiary/aromatic N) is 2. The molecule has 34 heavy (non-hydrogen) atoms. The van der Waals surface area contributed by atoms with Gasteiger partial charge in [0.05, 0.1) is 35.2 Å². The Hall–Kier alpha value is -2.78. The van der Waals surface area contributed by atoms with Gasteiger partial charge in [-0.25, -0.2) is 8.42 Å². The number of benzene rings is 2. The molecule has 2 aromatic carbocycles. The summed E-state index contributed by atoms with van der Waals surface area (Å²) in [6.07, 6.45) is 0.952. The molecular formula is C24H29ClN2O6S. The number of anilines is 1. The Morgan fingerprint density at radius 1 is 1.12 bits per heavy atom. The molecular weight excluding hydrogens is 480 g/mol. The number of aryl methyl sites for hydroxylation is 1. The quantitative estimate of drug-likeness (QED) is 0.505. The van der Waals surface area contributed by atoms with Gasteiger partial charge in [-0.15, -0.1) is 0 Å². The monoisotopic (exact) mass is 508 g/mol. The van der Waals surface area contributed by atoms with Gasteiger partial charge in [-0.3, -0.25) is 13.9 Å². The van der Waals surface area contributed by atoms with Crippen molar-refractivity contribution < 1.29 is 27.5 Å². The summed E-state index contributed by atoms with van der Waals surface area (Å²) in [6, 6.07) is 11.0. The summed E-state index contributed by atoms with van der Waals surface area (Å²) in [5.74, 6) is -0.474. The molecule has 1 heterocycles. The molecule has 0 spiro atoms. The number of carbonyl (C=O) groups is 2. The van der Waals surface area contributed by atoms with Crippen LogP contribution in [0.25, 0.3) is 0 Å². The molecule has 0 aromatic heterocycles. The molecule has 0 bridgehead atoms. The second kappa shape index (κ2) is 11.1. The van der Waals surface area contributed by atoms with E-state index in [0.717, 1.165) is 9.87 Å². The standard InChI is InChI=1S/C24H29ClN2O6S/c1-4-33-24(29)18-11-13-26(14-12-18)23(28)16-27(19-7-10-22(32-3)21(25)15-19)34(30,31)20-8-5-17(2)6-9-20/h5-10,15,18H,4,11-14,16H2,1-3H3.